The van der Waals surface area contributed by atoms with Crippen molar-refractivity contribution in [2.24, 2.45) is 0 Å². The molecule has 0 bridgehead atoms. The first-order chi connectivity index (χ1) is 10.5. The summed E-state index contributed by atoms with van der Waals surface area (Å²) in [6.45, 7) is 6.00. The molecule has 0 aliphatic carbocycles. The monoisotopic (exact) mass is 336 g/mol. The van der Waals surface area contributed by atoms with E-state index in [0.29, 0.717) is 31.2 Å². The van der Waals surface area contributed by atoms with Gasteiger partial charge in [0.1, 0.15) is 5.01 Å². The predicted molar refractivity (Wildman–Crippen MR) is 85.5 cm³/mol. The molecule has 0 N–H and O–H groups in total. The number of aryl methyl sites for hydroxylation is 2. The fraction of sp³-hybridized carbons (Fsp3) is 0.429. The molecule has 1 aliphatic rings. The number of thiophene rings is 1. The Balaban J connectivity index is 1.60. The molecule has 0 spiro atoms. The van der Waals surface area contributed by atoms with Gasteiger partial charge in [-0.25, -0.2) is 0 Å². The van der Waals surface area contributed by atoms with Crippen LogP contribution in [0.25, 0.3) is 0 Å². The number of carbonyl (C=O) groups excluding carboxylic acids is 2. The highest BCUT2D eigenvalue weighted by Crippen LogP contribution is 2.19. The first kappa shape index (κ1) is 15.1. The summed E-state index contributed by atoms with van der Waals surface area (Å²) in [7, 11) is 0. The highest BCUT2D eigenvalue weighted by atomic mass is 32.1. The Morgan fingerprint density at radius 1 is 0.955 bits per heavy atom. The first-order valence-electron chi connectivity index (χ1n) is 6.99. The molecule has 8 heteroatoms. The molecule has 2 aromatic heterocycles. The van der Waals surface area contributed by atoms with Gasteiger partial charge in [0.2, 0.25) is 5.01 Å². The molecule has 2 amide bonds. The molecule has 116 valence electrons. The normalized spacial score (nSPS) is 15.2. The summed E-state index contributed by atoms with van der Waals surface area (Å²) in [6.07, 6.45) is 0. The molecule has 1 fully saturated rings. The fourth-order valence-corrected chi connectivity index (χ4v) is 3.83. The zero-order chi connectivity index (χ0) is 15.7. The quantitative estimate of drug-likeness (QED) is 0.839. The number of aromatic nitrogens is 2. The van der Waals surface area contributed by atoms with Crippen LogP contribution < -0.4 is 0 Å². The topological polar surface area (TPSA) is 66.4 Å². The third kappa shape index (κ3) is 3.02. The van der Waals surface area contributed by atoms with E-state index in [1.54, 1.807) is 9.80 Å². The number of hydrogen-bond acceptors (Lipinski definition) is 6. The number of piperazine rings is 1. The lowest BCUT2D eigenvalue weighted by Gasteiger charge is -2.34. The van der Waals surface area contributed by atoms with Gasteiger partial charge in [-0.1, -0.05) is 11.3 Å². The zero-order valence-electron chi connectivity index (χ0n) is 12.4. The lowest BCUT2D eigenvalue weighted by Crippen LogP contribution is -2.50. The highest BCUT2D eigenvalue weighted by molar-refractivity contribution is 7.14. The van der Waals surface area contributed by atoms with E-state index in [1.165, 1.54) is 22.7 Å². The molecule has 3 rings (SSSR count). The van der Waals surface area contributed by atoms with Crippen molar-refractivity contribution < 1.29 is 9.59 Å². The Morgan fingerprint density at radius 3 is 2.09 bits per heavy atom. The molecule has 0 saturated carbocycles. The molecule has 3 heterocycles. The lowest BCUT2D eigenvalue weighted by molar-refractivity contribution is 0.0537. The van der Waals surface area contributed by atoms with Crippen molar-refractivity contribution in [1.29, 1.82) is 0 Å². The molecule has 22 heavy (non-hydrogen) atoms. The smallest absolute Gasteiger partial charge is 0.284 e. The number of amides is 2. The summed E-state index contributed by atoms with van der Waals surface area (Å²) in [5, 5.41) is 8.97. The van der Waals surface area contributed by atoms with Crippen LogP contribution in [-0.2, 0) is 0 Å². The van der Waals surface area contributed by atoms with E-state index < -0.39 is 0 Å². The average molecular weight is 336 g/mol. The molecule has 1 saturated heterocycles. The van der Waals surface area contributed by atoms with Gasteiger partial charge in [0.15, 0.2) is 0 Å². The molecule has 2 aromatic rings. The van der Waals surface area contributed by atoms with Crippen LogP contribution in [0, 0.1) is 13.8 Å². The summed E-state index contributed by atoms with van der Waals surface area (Å²) >= 11 is 2.81. The third-order valence-electron chi connectivity index (χ3n) is 3.51. The first-order valence-corrected chi connectivity index (χ1v) is 8.63. The van der Waals surface area contributed by atoms with Crippen LogP contribution >= 0.6 is 22.7 Å². The van der Waals surface area contributed by atoms with Crippen LogP contribution in [-0.4, -0.2) is 58.0 Å². The average Bonchev–Trinajstić information content (AvgIpc) is 3.14. The van der Waals surface area contributed by atoms with E-state index in [-0.39, 0.29) is 11.8 Å². The zero-order valence-corrected chi connectivity index (χ0v) is 14.0. The molecular formula is C14H16N4O2S2. The third-order valence-corrected chi connectivity index (χ3v) is 5.33. The van der Waals surface area contributed by atoms with Crippen LogP contribution in [0.5, 0.6) is 0 Å². The lowest BCUT2D eigenvalue weighted by atomic mass is 10.3. The molecule has 6 nitrogen and oxygen atoms in total. The van der Waals surface area contributed by atoms with Crippen molar-refractivity contribution in [3.63, 3.8) is 0 Å². The van der Waals surface area contributed by atoms with Gasteiger partial charge in [-0.05, 0) is 26.0 Å². The van der Waals surface area contributed by atoms with Gasteiger partial charge in [0.25, 0.3) is 11.8 Å². The SMILES string of the molecule is Cc1ccc(C(=O)N2CCN(C(=O)c3nnc(C)s3)CC2)s1. The maximum Gasteiger partial charge on any atom is 0.284 e. The Labute approximate surface area is 136 Å². The largest absolute Gasteiger partial charge is 0.334 e. The summed E-state index contributed by atoms with van der Waals surface area (Å²) in [5.41, 5.74) is 0. The van der Waals surface area contributed by atoms with E-state index >= 15 is 0 Å². The van der Waals surface area contributed by atoms with E-state index in [0.717, 1.165) is 14.8 Å². The minimum absolute atomic E-state index is 0.0527. The van der Waals surface area contributed by atoms with Crippen molar-refractivity contribution >= 4 is 34.5 Å². The summed E-state index contributed by atoms with van der Waals surface area (Å²) < 4.78 is 0. The fourth-order valence-electron chi connectivity index (χ4n) is 2.34. The molecular weight excluding hydrogens is 320 g/mol. The van der Waals surface area contributed by atoms with Gasteiger partial charge in [-0.3, -0.25) is 9.59 Å². The molecule has 0 unspecified atom stereocenters. The number of hydrogen-bond donors (Lipinski definition) is 0. The van der Waals surface area contributed by atoms with Crippen LogP contribution in [0.3, 0.4) is 0 Å². The second kappa shape index (κ2) is 6.13. The Morgan fingerprint density at radius 2 is 1.59 bits per heavy atom. The van der Waals surface area contributed by atoms with Gasteiger partial charge < -0.3 is 9.80 Å². The van der Waals surface area contributed by atoms with Gasteiger partial charge in [-0.15, -0.1) is 21.5 Å². The molecule has 0 aromatic carbocycles. The van der Waals surface area contributed by atoms with Gasteiger partial charge in [0.05, 0.1) is 4.88 Å². The van der Waals surface area contributed by atoms with Crippen LogP contribution in [0.4, 0.5) is 0 Å². The van der Waals surface area contributed by atoms with E-state index in [2.05, 4.69) is 10.2 Å². The second-order valence-corrected chi connectivity index (χ2v) is 7.59. The van der Waals surface area contributed by atoms with Gasteiger partial charge in [0, 0.05) is 31.1 Å². The van der Waals surface area contributed by atoms with Crippen LogP contribution in [0.15, 0.2) is 12.1 Å². The van der Waals surface area contributed by atoms with E-state index in [9.17, 15) is 9.59 Å². The maximum atomic E-state index is 12.4. The Bertz CT molecular complexity index is 641. The highest BCUT2D eigenvalue weighted by Gasteiger charge is 2.27. The number of nitrogens with zero attached hydrogens (tertiary/aromatic N) is 4. The maximum absolute atomic E-state index is 12.4. The van der Waals surface area contributed by atoms with Crippen molar-refractivity contribution in [2.75, 3.05) is 26.2 Å². The van der Waals surface area contributed by atoms with Crippen molar-refractivity contribution in [3.8, 4) is 0 Å². The Kier molecular flexibility index (Phi) is 4.21. The van der Waals surface area contributed by atoms with Crippen molar-refractivity contribution in [1.82, 2.24) is 20.0 Å². The number of carbonyl (C=O) groups is 2. The van der Waals surface area contributed by atoms with E-state index in [1.807, 2.05) is 26.0 Å². The van der Waals surface area contributed by atoms with Crippen LogP contribution in [0.1, 0.15) is 29.4 Å². The standard InChI is InChI=1S/C14H16N4O2S2/c1-9-3-4-11(21-9)13(19)17-5-7-18(8-6-17)14(20)12-16-15-10(2)22-12/h3-4H,5-8H2,1-2H3. The van der Waals surface area contributed by atoms with Crippen LogP contribution in [0.2, 0.25) is 0 Å². The molecule has 0 radical (unpaired) electrons. The minimum atomic E-state index is -0.0929. The summed E-state index contributed by atoms with van der Waals surface area (Å²) in [6, 6.07) is 3.82. The predicted octanol–water partition coefficient (Wildman–Crippen LogP) is 1.81. The Hall–Kier alpha value is -1.80. The number of rotatable bonds is 2. The molecule has 0 atom stereocenters. The van der Waals surface area contributed by atoms with E-state index in [4.69, 9.17) is 0 Å². The minimum Gasteiger partial charge on any atom is -0.334 e. The second-order valence-electron chi connectivity index (χ2n) is 5.12. The summed E-state index contributed by atoms with van der Waals surface area (Å²) in [4.78, 5) is 30.1. The van der Waals surface area contributed by atoms with Crippen molar-refractivity contribution in [2.45, 2.75) is 13.8 Å². The summed E-state index contributed by atoms with van der Waals surface area (Å²) in [5.74, 6) is -0.0402. The van der Waals surface area contributed by atoms with Crippen molar-refractivity contribution in [3.05, 3.63) is 31.9 Å². The molecule has 1 aliphatic heterocycles. The van der Waals surface area contributed by atoms with Gasteiger partial charge in [-0.2, -0.15) is 0 Å². The van der Waals surface area contributed by atoms with Gasteiger partial charge >= 0.3 is 0 Å².